The summed E-state index contributed by atoms with van der Waals surface area (Å²) in [6.07, 6.45) is 6.60. The lowest BCUT2D eigenvalue weighted by Crippen LogP contribution is -2.56. The van der Waals surface area contributed by atoms with Gasteiger partial charge in [0.2, 0.25) is 17.8 Å². The van der Waals surface area contributed by atoms with Crippen LogP contribution in [0.5, 0.6) is 0 Å². The van der Waals surface area contributed by atoms with E-state index in [2.05, 4.69) is 15.6 Å². The van der Waals surface area contributed by atoms with Crippen LogP contribution in [-0.2, 0) is 9.53 Å². The van der Waals surface area contributed by atoms with E-state index in [9.17, 15) is 9.18 Å². The maximum absolute atomic E-state index is 13.8. The van der Waals surface area contributed by atoms with Crippen molar-refractivity contribution in [2.75, 3.05) is 23.8 Å². The fourth-order valence-corrected chi connectivity index (χ4v) is 6.24. The molecule has 6 rings (SSSR count). The van der Waals surface area contributed by atoms with E-state index in [4.69, 9.17) is 43.6 Å². The number of benzene rings is 1. The number of amides is 1. The van der Waals surface area contributed by atoms with Crippen molar-refractivity contribution in [3.05, 3.63) is 34.2 Å². The van der Waals surface area contributed by atoms with Gasteiger partial charge >= 0.3 is 0 Å². The van der Waals surface area contributed by atoms with Crippen LogP contribution >= 0.6 is 23.2 Å². The highest BCUT2D eigenvalue weighted by Crippen LogP contribution is 2.48. The Bertz CT molecular complexity index is 1310. The number of imidazole rings is 1. The van der Waals surface area contributed by atoms with E-state index in [1.54, 1.807) is 6.20 Å². The smallest absolute Gasteiger partial charge is 0.224 e. The molecule has 1 aromatic carbocycles. The minimum absolute atomic E-state index is 0.0212. The molecule has 36 heavy (non-hydrogen) atoms. The molecule has 2 aliphatic carbocycles. The molecule has 1 spiro atoms. The van der Waals surface area contributed by atoms with E-state index in [0.29, 0.717) is 53.0 Å². The minimum Gasteiger partial charge on any atom is -0.380 e. The first-order valence-corrected chi connectivity index (χ1v) is 12.9. The first-order chi connectivity index (χ1) is 17.3. The lowest BCUT2D eigenvalue weighted by molar-refractivity contribution is -0.160. The van der Waals surface area contributed by atoms with E-state index >= 15 is 0 Å². The van der Waals surface area contributed by atoms with Gasteiger partial charge in [0.15, 0.2) is 5.65 Å². The lowest BCUT2D eigenvalue weighted by atomic mass is 9.64. The maximum atomic E-state index is 13.8. The number of halogens is 3. The largest absolute Gasteiger partial charge is 0.380 e. The summed E-state index contributed by atoms with van der Waals surface area (Å²) in [6.45, 7) is 1.66. The molecule has 0 unspecified atom stereocenters. The fraction of sp³-hybridized carbons (Fsp3) is 0.500. The van der Waals surface area contributed by atoms with Crippen LogP contribution in [0.25, 0.3) is 11.2 Å². The van der Waals surface area contributed by atoms with E-state index in [-0.39, 0.29) is 27.9 Å². The Morgan fingerprint density at radius 3 is 2.44 bits per heavy atom. The highest BCUT2D eigenvalue weighted by molar-refractivity contribution is 6.39. The van der Waals surface area contributed by atoms with Gasteiger partial charge < -0.3 is 21.1 Å². The van der Waals surface area contributed by atoms with Crippen LogP contribution in [0.3, 0.4) is 0 Å². The Hall–Kier alpha value is -2.69. The summed E-state index contributed by atoms with van der Waals surface area (Å²) in [5.41, 5.74) is 7.50. The van der Waals surface area contributed by atoms with Crippen LogP contribution in [0.2, 0.25) is 10.0 Å². The average Bonchev–Trinajstić information content (AvgIpc) is 3.14. The average molecular weight is 534 g/mol. The molecule has 0 atom stereocenters. The molecule has 2 aromatic heterocycles. The first kappa shape index (κ1) is 23.7. The summed E-state index contributed by atoms with van der Waals surface area (Å²) >= 11 is 12.6. The van der Waals surface area contributed by atoms with Crippen molar-refractivity contribution in [1.29, 1.82) is 0 Å². The zero-order valence-electron chi connectivity index (χ0n) is 19.4. The summed E-state index contributed by atoms with van der Waals surface area (Å²) in [5, 5.41) is 6.92. The van der Waals surface area contributed by atoms with Gasteiger partial charge in [0.1, 0.15) is 11.3 Å². The number of ether oxygens (including phenoxy) is 1. The number of nitrogens with one attached hydrogen (secondary N) is 2. The van der Waals surface area contributed by atoms with E-state index in [1.807, 2.05) is 4.57 Å². The third kappa shape index (κ3) is 4.25. The van der Waals surface area contributed by atoms with Crippen LogP contribution in [0, 0.1) is 17.2 Å². The van der Waals surface area contributed by atoms with Gasteiger partial charge in [-0.15, -0.1) is 0 Å². The van der Waals surface area contributed by atoms with Crippen LogP contribution in [0.4, 0.5) is 22.0 Å². The maximum Gasteiger partial charge on any atom is 0.224 e. The summed E-state index contributed by atoms with van der Waals surface area (Å²) < 4.78 is 21.1. The number of nitrogens with zero attached hydrogens (tertiary/aromatic N) is 4. The summed E-state index contributed by atoms with van der Waals surface area (Å²) in [5.74, 6) is 0.0852. The Kier molecular flexibility index (Phi) is 5.93. The summed E-state index contributed by atoms with van der Waals surface area (Å²) in [6, 6.07) is 2.72. The van der Waals surface area contributed by atoms with Crippen molar-refractivity contribution < 1.29 is 13.9 Å². The predicted octanol–water partition coefficient (Wildman–Crippen LogP) is 4.82. The number of primary amides is 1. The molecule has 190 valence electrons. The zero-order chi connectivity index (χ0) is 25.0. The number of fused-ring (bicyclic) bond motifs is 1. The monoisotopic (exact) mass is 533 g/mol. The summed E-state index contributed by atoms with van der Waals surface area (Å²) in [7, 11) is 0. The van der Waals surface area contributed by atoms with E-state index < -0.39 is 5.82 Å². The second kappa shape index (κ2) is 9.00. The Morgan fingerprint density at radius 2 is 1.83 bits per heavy atom. The second-order valence-corrected chi connectivity index (χ2v) is 11.0. The molecule has 9 nitrogen and oxygen atoms in total. The SMILES string of the molecule is NC(=O)C1CCC(n2c(Nc3c(Cl)cc(F)cc3Cl)nc3cnc(NC4CC5(COC5)C4)nc32)CC1. The van der Waals surface area contributed by atoms with Crippen molar-refractivity contribution >= 4 is 57.9 Å². The van der Waals surface area contributed by atoms with Crippen LogP contribution in [0.15, 0.2) is 18.3 Å². The van der Waals surface area contributed by atoms with Gasteiger partial charge in [0, 0.05) is 23.4 Å². The third-order valence-electron chi connectivity index (χ3n) is 7.65. The normalized spacial score (nSPS) is 23.3. The molecule has 3 fully saturated rings. The quantitative estimate of drug-likeness (QED) is 0.415. The third-order valence-corrected chi connectivity index (χ3v) is 8.25. The minimum atomic E-state index is -0.526. The van der Waals surface area contributed by atoms with Crippen molar-refractivity contribution in [3.8, 4) is 0 Å². The van der Waals surface area contributed by atoms with E-state index in [1.165, 1.54) is 12.1 Å². The molecule has 2 saturated carbocycles. The molecule has 1 aliphatic heterocycles. The fourth-order valence-electron chi connectivity index (χ4n) is 5.68. The lowest BCUT2D eigenvalue weighted by Gasteiger charge is -2.53. The number of carbonyl (C=O) groups is 1. The van der Waals surface area contributed by atoms with Gasteiger partial charge in [-0.2, -0.15) is 4.98 Å². The Morgan fingerprint density at radius 1 is 1.14 bits per heavy atom. The molecule has 12 heteroatoms. The van der Waals surface area contributed by atoms with Crippen molar-refractivity contribution in [3.63, 3.8) is 0 Å². The van der Waals surface area contributed by atoms with Crippen molar-refractivity contribution in [1.82, 2.24) is 19.5 Å². The zero-order valence-corrected chi connectivity index (χ0v) is 20.9. The Labute approximate surface area is 216 Å². The molecule has 4 N–H and O–H groups in total. The molecular formula is C24H26Cl2FN7O2. The van der Waals surface area contributed by atoms with Gasteiger partial charge in [-0.05, 0) is 50.7 Å². The highest BCUT2D eigenvalue weighted by Gasteiger charge is 2.50. The molecule has 3 heterocycles. The number of hydrogen-bond donors (Lipinski definition) is 3. The molecular weight excluding hydrogens is 508 g/mol. The molecule has 1 amide bonds. The molecule has 3 aliphatic rings. The van der Waals surface area contributed by atoms with Crippen molar-refractivity contribution in [2.24, 2.45) is 17.1 Å². The highest BCUT2D eigenvalue weighted by atomic mass is 35.5. The number of hydrogen-bond acceptors (Lipinski definition) is 7. The van der Waals surface area contributed by atoms with Crippen molar-refractivity contribution in [2.45, 2.75) is 50.6 Å². The molecule has 1 saturated heterocycles. The number of nitrogens with two attached hydrogens (primary N) is 1. The number of rotatable bonds is 6. The number of aromatic nitrogens is 4. The van der Waals surface area contributed by atoms with Crippen LogP contribution in [-0.4, -0.2) is 44.7 Å². The number of anilines is 3. The van der Waals surface area contributed by atoms with E-state index in [0.717, 1.165) is 38.9 Å². The molecule has 0 radical (unpaired) electrons. The van der Waals surface area contributed by atoms with Gasteiger partial charge in [0.05, 0.1) is 35.1 Å². The van der Waals surface area contributed by atoms with Crippen LogP contribution < -0.4 is 16.4 Å². The topological polar surface area (TPSA) is 120 Å². The van der Waals surface area contributed by atoms with Gasteiger partial charge in [0.25, 0.3) is 0 Å². The molecule has 3 aromatic rings. The number of carbonyl (C=O) groups excluding carboxylic acids is 1. The second-order valence-electron chi connectivity index (χ2n) is 10.2. The summed E-state index contributed by atoms with van der Waals surface area (Å²) in [4.78, 5) is 25.8. The first-order valence-electron chi connectivity index (χ1n) is 12.1. The van der Waals surface area contributed by atoms with Crippen LogP contribution in [0.1, 0.15) is 44.6 Å². The van der Waals surface area contributed by atoms with Gasteiger partial charge in [-0.1, -0.05) is 23.2 Å². The molecule has 0 bridgehead atoms. The van der Waals surface area contributed by atoms with Gasteiger partial charge in [-0.25, -0.2) is 14.4 Å². The standard InChI is InChI=1S/C24H26Cl2FN7O2/c25-16-5-13(27)6-17(26)19(16)32-23-31-18-9-29-22(30-14-7-24(8-14)10-36-11-24)33-21(18)34(23)15-3-1-12(2-4-15)20(28)35/h5-6,9,12,14-15H,1-4,7-8,10-11H2,(H2,28,35)(H,31,32)(H,29,30,33). The predicted molar refractivity (Wildman–Crippen MR) is 135 cm³/mol. The van der Waals surface area contributed by atoms with Gasteiger partial charge in [-0.3, -0.25) is 9.36 Å². The Balaban J connectivity index is 1.33.